The zero-order valence-electron chi connectivity index (χ0n) is 10.9. The van der Waals surface area contributed by atoms with Crippen LogP contribution in [0.4, 0.5) is 5.69 Å². The third-order valence-electron chi connectivity index (χ3n) is 2.58. The molecule has 0 radical (unpaired) electrons. The van der Waals surface area contributed by atoms with Crippen molar-refractivity contribution in [3.8, 4) is 10.6 Å². The topological polar surface area (TPSA) is 59.1 Å². The van der Waals surface area contributed by atoms with E-state index in [9.17, 15) is 8.42 Å². The van der Waals surface area contributed by atoms with E-state index in [2.05, 4.69) is 9.71 Å². The molecule has 1 unspecified atom stereocenters. The van der Waals surface area contributed by atoms with E-state index in [1.807, 2.05) is 11.4 Å². The monoisotopic (exact) mass is 330 g/mol. The Morgan fingerprint density at radius 1 is 1.45 bits per heavy atom. The van der Waals surface area contributed by atoms with Crippen LogP contribution in [-0.4, -0.2) is 25.0 Å². The number of hydrogen-bond acceptors (Lipinski definition) is 4. The molecule has 4 nitrogen and oxygen atoms in total. The van der Waals surface area contributed by atoms with Crippen LogP contribution in [0.1, 0.15) is 6.92 Å². The average Bonchev–Trinajstić information content (AvgIpc) is 2.91. The zero-order chi connectivity index (χ0) is 14.6. The predicted octanol–water partition coefficient (Wildman–Crippen LogP) is 3.43. The van der Waals surface area contributed by atoms with E-state index in [1.54, 1.807) is 31.3 Å². The van der Waals surface area contributed by atoms with Crippen LogP contribution in [0.15, 0.2) is 35.8 Å². The molecule has 0 fully saturated rings. The van der Waals surface area contributed by atoms with Crippen LogP contribution in [0.2, 0.25) is 0 Å². The Kier molecular flexibility index (Phi) is 5.01. The molecular formula is C13H15ClN2O2S2. The summed E-state index contributed by atoms with van der Waals surface area (Å²) in [5, 5.41) is 2.74. The second-order valence-corrected chi connectivity index (χ2v) is 7.53. The van der Waals surface area contributed by atoms with Gasteiger partial charge < -0.3 is 0 Å². The van der Waals surface area contributed by atoms with Crippen LogP contribution >= 0.6 is 22.9 Å². The van der Waals surface area contributed by atoms with Crippen molar-refractivity contribution in [3.05, 3.63) is 35.8 Å². The molecule has 0 aliphatic carbocycles. The minimum atomic E-state index is -3.38. The number of benzene rings is 1. The molecule has 7 heteroatoms. The van der Waals surface area contributed by atoms with Crippen LogP contribution in [0.25, 0.3) is 10.6 Å². The lowest BCUT2D eigenvalue weighted by Crippen LogP contribution is -2.22. The maximum Gasteiger partial charge on any atom is 0.233 e. The molecular weight excluding hydrogens is 316 g/mol. The molecule has 0 spiro atoms. The summed E-state index contributed by atoms with van der Waals surface area (Å²) >= 11 is 7.17. The lowest BCUT2D eigenvalue weighted by molar-refractivity contribution is 0.588. The molecule has 2 aromatic rings. The number of nitrogens with zero attached hydrogens (tertiary/aromatic N) is 1. The van der Waals surface area contributed by atoms with E-state index in [0.29, 0.717) is 11.6 Å². The molecule has 0 saturated heterocycles. The van der Waals surface area contributed by atoms with Gasteiger partial charge in [0.15, 0.2) is 0 Å². The summed E-state index contributed by atoms with van der Waals surface area (Å²) in [6, 6.07) is 7.21. The second-order valence-electron chi connectivity index (χ2n) is 4.56. The van der Waals surface area contributed by atoms with Crippen molar-refractivity contribution >= 4 is 38.6 Å². The Hall–Kier alpha value is -1.11. The van der Waals surface area contributed by atoms with Gasteiger partial charge >= 0.3 is 0 Å². The van der Waals surface area contributed by atoms with E-state index < -0.39 is 10.0 Å². The van der Waals surface area contributed by atoms with E-state index in [0.717, 1.165) is 10.6 Å². The third-order valence-corrected chi connectivity index (χ3v) is 5.49. The predicted molar refractivity (Wildman–Crippen MR) is 84.8 cm³/mol. The quantitative estimate of drug-likeness (QED) is 0.825. The molecule has 1 aromatic carbocycles. The Morgan fingerprint density at radius 3 is 2.90 bits per heavy atom. The van der Waals surface area contributed by atoms with Crippen molar-refractivity contribution in [2.45, 2.75) is 6.92 Å². The van der Waals surface area contributed by atoms with E-state index in [-0.39, 0.29) is 11.7 Å². The standard InChI is InChI=1S/C13H15ClN2O2S2/c1-10(8-14)9-20(17,18)16-12-4-2-3-11(7-12)13-15-5-6-19-13/h2-7,10,16H,8-9H2,1H3. The molecule has 0 amide bonds. The number of aromatic nitrogens is 1. The number of alkyl halides is 1. The summed E-state index contributed by atoms with van der Waals surface area (Å²) < 4.78 is 26.5. The fourth-order valence-corrected chi connectivity index (χ4v) is 4.03. The van der Waals surface area contributed by atoms with E-state index >= 15 is 0 Å². The van der Waals surface area contributed by atoms with Gasteiger partial charge in [0.25, 0.3) is 0 Å². The van der Waals surface area contributed by atoms with Gasteiger partial charge in [-0.1, -0.05) is 19.1 Å². The van der Waals surface area contributed by atoms with Crippen molar-refractivity contribution in [3.63, 3.8) is 0 Å². The van der Waals surface area contributed by atoms with Crippen LogP contribution in [0, 0.1) is 5.92 Å². The van der Waals surface area contributed by atoms with Gasteiger partial charge in [-0.15, -0.1) is 22.9 Å². The number of hydrogen-bond donors (Lipinski definition) is 1. The van der Waals surface area contributed by atoms with Crippen LogP contribution in [0.3, 0.4) is 0 Å². The fourth-order valence-electron chi connectivity index (χ4n) is 1.72. The highest BCUT2D eigenvalue weighted by atomic mass is 35.5. The average molecular weight is 331 g/mol. The first-order valence-electron chi connectivity index (χ1n) is 6.06. The summed E-state index contributed by atoms with van der Waals surface area (Å²) in [7, 11) is -3.38. The van der Waals surface area contributed by atoms with Gasteiger partial charge in [-0.3, -0.25) is 4.72 Å². The molecule has 108 valence electrons. The summed E-state index contributed by atoms with van der Waals surface area (Å²) in [6.45, 7) is 1.80. The van der Waals surface area contributed by atoms with Crippen molar-refractivity contribution in [1.82, 2.24) is 4.98 Å². The van der Waals surface area contributed by atoms with Gasteiger partial charge in [0.2, 0.25) is 10.0 Å². The molecule has 2 rings (SSSR count). The summed E-state index contributed by atoms with van der Waals surface area (Å²) in [5.74, 6) is 0.245. The third kappa shape index (κ3) is 4.19. The molecule has 1 atom stereocenters. The fraction of sp³-hybridized carbons (Fsp3) is 0.308. The normalized spacial score (nSPS) is 13.1. The molecule has 20 heavy (non-hydrogen) atoms. The number of sulfonamides is 1. The molecule has 0 aliphatic heterocycles. The molecule has 0 saturated carbocycles. The van der Waals surface area contributed by atoms with E-state index in [4.69, 9.17) is 11.6 Å². The second kappa shape index (κ2) is 6.56. The number of thiazole rings is 1. The number of rotatable bonds is 6. The largest absolute Gasteiger partial charge is 0.284 e. The van der Waals surface area contributed by atoms with E-state index in [1.165, 1.54) is 11.3 Å². The van der Waals surface area contributed by atoms with Crippen molar-refractivity contribution < 1.29 is 8.42 Å². The summed E-state index contributed by atoms with van der Waals surface area (Å²) in [6.07, 6.45) is 1.72. The van der Waals surface area contributed by atoms with Crippen molar-refractivity contribution in [1.29, 1.82) is 0 Å². The van der Waals surface area contributed by atoms with Gasteiger partial charge in [0.1, 0.15) is 5.01 Å². The van der Waals surface area contributed by atoms with Crippen LogP contribution in [0.5, 0.6) is 0 Å². The Labute approximate surface area is 127 Å². The highest BCUT2D eigenvalue weighted by molar-refractivity contribution is 7.92. The first-order chi connectivity index (χ1) is 9.50. The smallest absolute Gasteiger partial charge is 0.233 e. The summed E-state index contributed by atoms with van der Waals surface area (Å²) in [4.78, 5) is 4.21. The van der Waals surface area contributed by atoms with Gasteiger partial charge in [0, 0.05) is 28.7 Å². The summed E-state index contributed by atoms with van der Waals surface area (Å²) in [5.41, 5.74) is 1.44. The first-order valence-corrected chi connectivity index (χ1v) is 9.13. The zero-order valence-corrected chi connectivity index (χ0v) is 13.3. The number of anilines is 1. The molecule has 1 N–H and O–H groups in total. The van der Waals surface area contributed by atoms with Gasteiger partial charge in [0.05, 0.1) is 5.75 Å². The highest BCUT2D eigenvalue weighted by Gasteiger charge is 2.15. The molecule has 1 aromatic heterocycles. The SMILES string of the molecule is CC(CCl)CS(=O)(=O)Nc1cccc(-c2nccs2)c1. The van der Waals surface area contributed by atoms with Crippen molar-refractivity contribution in [2.75, 3.05) is 16.4 Å². The number of halogens is 1. The Bertz CT molecular complexity index is 657. The molecule has 1 heterocycles. The van der Waals surface area contributed by atoms with Gasteiger partial charge in [-0.2, -0.15) is 0 Å². The minimum absolute atomic E-state index is 0.0119. The van der Waals surface area contributed by atoms with Crippen LogP contribution in [-0.2, 0) is 10.0 Å². The first kappa shape index (κ1) is 15.3. The molecule has 0 aliphatic rings. The lowest BCUT2D eigenvalue weighted by atomic mass is 10.2. The van der Waals surface area contributed by atoms with Gasteiger partial charge in [-0.25, -0.2) is 13.4 Å². The van der Waals surface area contributed by atoms with Crippen molar-refractivity contribution in [2.24, 2.45) is 5.92 Å². The lowest BCUT2D eigenvalue weighted by Gasteiger charge is -2.11. The number of nitrogens with one attached hydrogen (secondary N) is 1. The maximum absolute atomic E-state index is 12.0. The minimum Gasteiger partial charge on any atom is -0.284 e. The maximum atomic E-state index is 12.0. The Morgan fingerprint density at radius 2 is 2.25 bits per heavy atom. The van der Waals surface area contributed by atoms with Crippen LogP contribution < -0.4 is 4.72 Å². The van der Waals surface area contributed by atoms with Gasteiger partial charge in [-0.05, 0) is 18.1 Å². The highest BCUT2D eigenvalue weighted by Crippen LogP contribution is 2.25. The Balaban J connectivity index is 2.16. The molecule has 0 bridgehead atoms.